The Labute approximate surface area is 251 Å². The van der Waals surface area contributed by atoms with Gasteiger partial charge in [-0.1, -0.05) is 12.1 Å². The molecule has 3 aromatic rings. The summed E-state index contributed by atoms with van der Waals surface area (Å²) in [6.45, 7) is 2.79. The minimum atomic E-state index is -4.47. The average Bonchev–Trinajstić information content (AvgIpc) is 3.02. The number of sulfonamides is 1. The molecular weight excluding hydrogens is 581 g/mol. The highest BCUT2D eigenvalue weighted by atomic mass is 32.2. The zero-order valence-electron chi connectivity index (χ0n) is 24.9. The van der Waals surface area contributed by atoms with Crippen molar-refractivity contribution in [2.24, 2.45) is 0 Å². The standard InChI is InChI=1S/C30H36FN3O8S/c1-7-32-30(36)20(2)33(18-21-8-10-22(31)11-9-21)29(35)19-34(25-16-23(39-3)12-14-26(25)40-4)43(37,38)24-13-15-27(41-5)28(17-24)42-6/h8-17,20H,7,18-19H2,1-6H3,(H,32,36)/t20-/m0/s1. The predicted molar refractivity (Wildman–Crippen MR) is 159 cm³/mol. The highest BCUT2D eigenvalue weighted by Crippen LogP contribution is 2.37. The maximum atomic E-state index is 14.3. The minimum Gasteiger partial charge on any atom is -0.497 e. The SMILES string of the molecule is CCNC(=O)[C@H](C)N(Cc1ccc(F)cc1)C(=O)CN(c1cc(OC)ccc1OC)S(=O)(=O)c1ccc(OC)c(OC)c1. The second-order valence-electron chi connectivity index (χ2n) is 9.28. The first-order valence-electron chi connectivity index (χ1n) is 13.3. The number of amides is 2. The zero-order chi connectivity index (χ0) is 31.7. The van der Waals surface area contributed by atoms with Gasteiger partial charge in [0.05, 0.1) is 39.0 Å². The number of nitrogens with zero attached hydrogens (tertiary/aromatic N) is 2. The van der Waals surface area contributed by atoms with E-state index in [0.717, 1.165) is 4.31 Å². The van der Waals surface area contributed by atoms with Crippen LogP contribution in [-0.4, -0.2) is 72.7 Å². The first-order valence-corrected chi connectivity index (χ1v) is 14.7. The van der Waals surface area contributed by atoms with Gasteiger partial charge in [-0.25, -0.2) is 12.8 Å². The lowest BCUT2D eigenvalue weighted by Crippen LogP contribution is -2.51. The van der Waals surface area contributed by atoms with E-state index in [0.29, 0.717) is 23.6 Å². The van der Waals surface area contributed by atoms with Gasteiger partial charge in [0.2, 0.25) is 11.8 Å². The molecule has 1 N–H and O–H groups in total. The van der Waals surface area contributed by atoms with Crippen molar-refractivity contribution in [3.8, 4) is 23.0 Å². The highest BCUT2D eigenvalue weighted by molar-refractivity contribution is 7.92. The number of hydrogen-bond donors (Lipinski definition) is 1. The molecule has 232 valence electrons. The van der Waals surface area contributed by atoms with Crippen molar-refractivity contribution in [1.82, 2.24) is 10.2 Å². The third-order valence-corrected chi connectivity index (χ3v) is 8.42. The second kappa shape index (κ2) is 14.6. The summed E-state index contributed by atoms with van der Waals surface area (Å²) in [4.78, 5) is 28.0. The van der Waals surface area contributed by atoms with Crippen LogP contribution in [0.1, 0.15) is 19.4 Å². The van der Waals surface area contributed by atoms with Crippen molar-refractivity contribution in [2.45, 2.75) is 31.3 Å². The van der Waals surface area contributed by atoms with Gasteiger partial charge < -0.3 is 29.2 Å². The van der Waals surface area contributed by atoms with Gasteiger partial charge in [0.1, 0.15) is 29.9 Å². The molecule has 0 aromatic heterocycles. The van der Waals surface area contributed by atoms with E-state index >= 15 is 0 Å². The summed E-state index contributed by atoms with van der Waals surface area (Å²) < 4.78 is 64.4. The summed E-state index contributed by atoms with van der Waals surface area (Å²) in [5.74, 6) is -0.660. The molecule has 1 atom stereocenters. The van der Waals surface area contributed by atoms with Crippen LogP contribution in [0.15, 0.2) is 65.6 Å². The molecule has 3 aromatic carbocycles. The molecule has 0 spiro atoms. The van der Waals surface area contributed by atoms with Crippen LogP contribution < -0.4 is 28.6 Å². The topological polar surface area (TPSA) is 124 Å². The van der Waals surface area contributed by atoms with Gasteiger partial charge >= 0.3 is 0 Å². The molecule has 13 heteroatoms. The van der Waals surface area contributed by atoms with E-state index in [1.165, 1.54) is 94.9 Å². The van der Waals surface area contributed by atoms with E-state index < -0.39 is 40.2 Å². The molecule has 0 radical (unpaired) electrons. The summed E-state index contributed by atoms with van der Waals surface area (Å²) in [6, 6.07) is 13.1. The maximum absolute atomic E-state index is 14.3. The Balaban J connectivity index is 2.17. The number of nitrogens with one attached hydrogen (secondary N) is 1. The third-order valence-electron chi connectivity index (χ3n) is 6.66. The monoisotopic (exact) mass is 617 g/mol. The van der Waals surface area contributed by atoms with Crippen molar-refractivity contribution in [2.75, 3.05) is 45.8 Å². The number of benzene rings is 3. The molecule has 0 aliphatic rings. The lowest BCUT2D eigenvalue weighted by molar-refractivity contribution is -0.139. The van der Waals surface area contributed by atoms with Crippen molar-refractivity contribution in [3.05, 3.63) is 72.0 Å². The number of likely N-dealkylation sites (N-methyl/N-ethyl adjacent to an activating group) is 1. The van der Waals surface area contributed by atoms with Crippen LogP contribution in [0.2, 0.25) is 0 Å². The number of carbonyl (C=O) groups is 2. The second-order valence-corrected chi connectivity index (χ2v) is 11.1. The number of rotatable bonds is 14. The Hall–Kier alpha value is -4.52. The maximum Gasteiger partial charge on any atom is 0.265 e. The lowest BCUT2D eigenvalue weighted by atomic mass is 10.1. The highest BCUT2D eigenvalue weighted by Gasteiger charge is 2.34. The summed E-state index contributed by atoms with van der Waals surface area (Å²) in [5, 5.41) is 2.69. The van der Waals surface area contributed by atoms with Crippen LogP contribution in [0.5, 0.6) is 23.0 Å². The van der Waals surface area contributed by atoms with Crippen LogP contribution in [0.3, 0.4) is 0 Å². The molecule has 2 amide bonds. The number of ether oxygens (including phenoxy) is 4. The molecule has 0 aliphatic carbocycles. The fourth-order valence-corrected chi connectivity index (χ4v) is 5.73. The Morgan fingerprint density at radius 2 is 1.49 bits per heavy atom. The van der Waals surface area contributed by atoms with Crippen LogP contribution in [0.25, 0.3) is 0 Å². The molecule has 11 nitrogen and oxygen atoms in total. The van der Waals surface area contributed by atoms with Gasteiger partial charge in [-0.3, -0.25) is 13.9 Å². The van der Waals surface area contributed by atoms with Gasteiger partial charge in [-0.05, 0) is 55.8 Å². The summed E-state index contributed by atoms with van der Waals surface area (Å²) in [7, 11) is 1.11. The quantitative estimate of drug-likeness (QED) is 0.291. The molecule has 0 fully saturated rings. The molecule has 0 saturated carbocycles. The van der Waals surface area contributed by atoms with Crippen LogP contribution in [0.4, 0.5) is 10.1 Å². The summed E-state index contributed by atoms with van der Waals surface area (Å²) >= 11 is 0. The van der Waals surface area contributed by atoms with E-state index in [1.54, 1.807) is 13.0 Å². The van der Waals surface area contributed by atoms with Crippen molar-refractivity contribution in [1.29, 1.82) is 0 Å². The van der Waals surface area contributed by atoms with E-state index in [-0.39, 0.29) is 28.6 Å². The molecule has 0 heterocycles. The molecule has 0 bridgehead atoms. The lowest BCUT2D eigenvalue weighted by Gasteiger charge is -2.32. The van der Waals surface area contributed by atoms with Crippen molar-refractivity contribution in [3.63, 3.8) is 0 Å². The fourth-order valence-electron chi connectivity index (χ4n) is 4.30. The van der Waals surface area contributed by atoms with E-state index in [9.17, 15) is 22.4 Å². The molecule has 0 unspecified atom stereocenters. The van der Waals surface area contributed by atoms with E-state index in [1.807, 2.05) is 0 Å². The Morgan fingerprint density at radius 1 is 0.860 bits per heavy atom. The predicted octanol–water partition coefficient (Wildman–Crippen LogP) is 3.61. The van der Waals surface area contributed by atoms with E-state index in [2.05, 4.69) is 5.32 Å². The fraction of sp³-hybridized carbons (Fsp3) is 0.333. The van der Waals surface area contributed by atoms with Crippen molar-refractivity contribution >= 4 is 27.5 Å². The smallest absolute Gasteiger partial charge is 0.265 e. The van der Waals surface area contributed by atoms with Gasteiger partial charge in [-0.2, -0.15) is 0 Å². The molecule has 0 saturated heterocycles. The van der Waals surface area contributed by atoms with Crippen molar-refractivity contribution < 1.29 is 41.3 Å². The normalized spacial score (nSPS) is 11.7. The Morgan fingerprint density at radius 3 is 2.07 bits per heavy atom. The number of hydrogen-bond acceptors (Lipinski definition) is 8. The first-order chi connectivity index (χ1) is 20.5. The van der Waals surface area contributed by atoms with Crippen LogP contribution in [-0.2, 0) is 26.2 Å². The summed E-state index contributed by atoms with van der Waals surface area (Å²) in [5.41, 5.74) is 0.566. The van der Waals surface area contributed by atoms with Gasteiger partial charge in [-0.15, -0.1) is 0 Å². The molecule has 0 aliphatic heterocycles. The average molecular weight is 618 g/mol. The molecular formula is C30H36FN3O8S. The van der Waals surface area contributed by atoms with Gasteiger partial charge in [0.15, 0.2) is 11.5 Å². The number of anilines is 1. The van der Waals surface area contributed by atoms with Gasteiger partial charge in [0.25, 0.3) is 10.0 Å². The third kappa shape index (κ3) is 7.66. The van der Waals surface area contributed by atoms with E-state index in [4.69, 9.17) is 18.9 Å². The Bertz CT molecular complexity index is 1530. The summed E-state index contributed by atoms with van der Waals surface area (Å²) in [6.07, 6.45) is 0. The Kier molecular flexibility index (Phi) is 11.2. The zero-order valence-corrected chi connectivity index (χ0v) is 25.7. The number of carbonyl (C=O) groups excluding carboxylic acids is 2. The number of halogens is 1. The molecule has 43 heavy (non-hydrogen) atoms. The van der Waals surface area contributed by atoms with Crippen LogP contribution >= 0.6 is 0 Å². The molecule has 3 rings (SSSR count). The first kappa shape index (κ1) is 33.0. The van der Waals surface area contributed by atoms with Crippen LogP contribution in [0, 0.1) is 5.82 Å². The van der Waals surface area contributed by atoms with Gasteiger partial charge in [0, 0.05) is 25.2 Å². The number of methoxy groups -OCH3 is 4. The minimum absolute atomic E-state index is 0.0254. The largest absolute Gasteiger partial charge is 0.497 e.